The normalized spacial score (nSPS) is 14.4. The molecule has 21 heavy (non-hydrogen) atoms. The highest BCUT2D eigenvalue weighted by Crippen LogP contribution is 2.20. The minimum atomic E-state index is -0.0229. The lowest BCUT2D eigenvalue weighted by atomic mass is 10.0. The molecule has 3 rings (SSSR count). The zero-order valence-corrected chi connectivity index (χ0v) is 11.9. The largest absolute Gasteiger partial charge is 0.474 e. The Hall–Kier alpha value is -2.14. The quantitative estimate of drug-likeness (QED) is 0.921. The third-order valence-electron chi connectivity index (χ3n) is 3.69. The molecule has 2 heterocycles. The Morgan fingerprint density at radius 2 is 1.81 bits per heavy atom. The van der Waals surface area contributed by atoms with Gasteiger partial charge in [0.15, 0.2) is 5.82 Å². The lowest BCUT2D eigenvalue weighted by molar-refractivity contribution is 0.196. The maximum absolute atomic E-state index is 8.80. The van der Waals surface area contributed by atoms with Gasteiger partial charge in [0.05, 0.1) is 19.0 Å². The van der Waals surface area contributed by atoms with Crippen molar-refractivity contribution in [1.82, 2.24) is 9.97 Å². The highest BCUT2D eigenvalue weighted by atomic mass is 16.5. The first kappa shape index (κ1) is 13.8. The first-order valence-corrected chi connectivity index (χ1v) is 7.24. The highest BCUT2D eigenvalue weighted by molar-refractivity contribution is 5.41. The van der Waals surface area contributed by atoms with Crippen LogP contribution >= 0.6 is 0 Å². The molecule has 0 atom stereocenters. The van der Waals surface area contributed by atoms with Crippen LogP contribution in [-0.4, -0.2) is 41.4 Å². The van der Waals surface area contributed by atoms with E-state index in [9.17, 15) is 0 Å². The van der Waals surface area contributed by atoms with Crippen LogP contribution in [0.25, 0.3) is 0 Å². The van der Waals surface area contributed by atoms with E-state index in [4.69, 9.17) is 9.84 Å². The summed E-state index contributed by atoms with van der Waals surface area (Å²) in [6, 6.07) is 8.59. The van der Waals surface area contributed by atoms with Crippen LogP contribution < -0.4 is 9.64 Å². The average molecular weight is 285 g/mol. The van der Waals surface area contributed by atoms with Crippen LogP contribution in [-0.2, 0) is 12.8 Å². The molecular weight excluding hydrogens is 266 g/mol. The van der Waals surface area contributed by atoms with Crippen LogP contribution in [0.5, 0.6) is 5.88 Å². The van der Waals surface area contributed by atoms with E-state index in [1.807, 2.05) is 0 Å². The van der Waals surface area contributed by atoms with Gasteiger partial charge in [-0.25, -0.2) is 0 Å². The summed E-state index contributed by atoms with van der Waals surface area (Å²) in [5.74, 6) is 1.29. The summed E-state index contributed by atoms with van der Waals surface area (Å²) in [4.78, 5) is 10.9. The fourth-order valence-electron chi connectivity index (χ4n) is 2.61. The Labute approximate surface area is 124 Å². The van der Waals surface area contributed by atoms with E-state index in [0.717, 1.165) is 31.7 Å². The van der Waals surface area contributed by atoms with Crippen LogP contribution in [0.1, 0.15) is 11.1 Å². The molecule has 0 radical (unpaired) electrons. The maximum atomic E-state index is 8.80. The SMILES string of the molecule is OCCOc1cncc(N2CCc3ccccc3CC2)n1. The lowest BCUT2D eigenvalue weighted by Gasteiger charge is -2.21. The Balaban J connectivity index is 1.73. The maximum Gasteiger partial charge on any atom is 0.234 e. The summed E-state index contributed by atoms with van der Waals surface area (Å²) >= 11 is 0. The molecule has 1 aliphatic heterocycles. The molecule has 2 aromatic rings. The molecule has 1 N–H and O–H groups in total. The molecule has 0 fully saturated rings. The van der Waals surface area contributed by atoms with E-state index in [1.165, 1.54) is 11.1 Å². The number of aliphatic hydroxyl groups excluding tert-OH is 1. The van der Waals surface area contributed by atoms with Crippen molar-refractivity contribution in [1.29, 1.82) is 0 Å². The number of aliphatic hydroxyl groups is 1. The molecular formula is C16H19N3O2. The standard InChI is InChI=1S/C16H19N3O2/c20-9-10-21-16-12-17-11-15(18-16)19-7-5-13-3-1-2-4-14(13)6-8-19/h1-4,11-12,20H,5-10H2. The summed E-state index contributed by atoms with van der Waals surface area (Å²) < 4.78 is 5.33. The molecule has 110 valence electrons. The van der Waals surface area contributed by atoms with E-state index >= 15 is 0 Å². The number of aromatic nitrogens is 2. The van der Waals surface area contributed by atoms with Gasteiger partial charge in [-0.2, -0.15) is 4.98 Å². The summed E-state index contributed by atoms with van der Waals surface area (Å²) in [6.45, 7) is 2.07. The Kier molecular flexibility index (Phi) is 4.31. The minimum Gasteiger partial charge on any atom is -0.474 e. The van der Waals surface area contributed by atoms with Crippen molar-refractivity contribution in [2.75, 3.05) is 31.2 Å². The highest BCUT2D eigenvalue weighted by Gasteiger charge is 2.15. The molecule has 0 unspecified atom stereocenters. The second kappa shape index (κ2) is 6.54. The van der Waals surface area contributed by atoms with Crippen molar-refractivity contribution in [2.45, 2.75) is 12.8 Å². The van der Waals surface area contributed by atoms with Crippen molar-refractivity contribution in [2.24, 2.45) is 0 Å². The monoisotopic (exact) mass is 285 g/mol. The number of rotatable bonds is 4. The Morgan fingerprint density at radius 1 is 1.10 bits per heavy atom. The van der Waals surface area contributed by atoms with E-state index in [2.05, 4.69) is 39.1 Å². The first-order valence-electron chi connectivity index (χ1n) is 7.24. The van der Waals surface area contributed by atoms with Gasteiger partial charge in [-0.3, -0.25) is 4.98 Å². The van der Waals surface area contributed by atoms with Crippen molar-refractivity contribution < 1.29 is 9.84 Å². The number of hydrogen-bond donors (Lipinski definition) is 1. The van der Waals surface area contributed by atoms with Gasteiger partial charge in [0.1, 0.15) is 6.61 Å². The van der Waals surface area contributed by atoms with Crippen LogP contribution in [0.3, 0.4) is 0 Å². The number of ether oxygens (including phenoxy) is 1. The van der Waals surface area contributed by atoms with Crippen molar-refractivity contribution in [3.63, 3.8) is 0 Å². The van der Waals surface area contributed by atoms with Crippen LogP contribution in [0.15, 0.2) is 36.7 Å². The molecule has 0 saturated carbocycles. The van der Waals surface area contributed by atoms with E-state index in [-0.39, 0.29) is 13.2 Å². The molecule has 0 bridgehead atoms. The first-order chi connectivity index (χ1) is 10.4. The lowest BCUT2D eigenvalue weighted by Crippen LogP contribution is -2.27. The zero-order chi connectivity index (χ0) is 14.5. The Morgan fingerprint density at radius 3 is 2.48 bits per heavy atom. The van der Waals surface area contributed by atoms with Gasteiger partial charge < -0.3 is 14.7 Å². The molecule has 0 amide bonds. The number of benzene rings is 1. The number of fused-ring (bicyclic) bond motifs is 1. The van der Waals surface area contributed by atoms with Gasteiger partial charge in [0.2, 0.25) is 5.88 Å². The van der Waals surface area contributed by atoms with Crippen LogP contribution in [0.4, 0.5) is 5.82 Å². The van der Waals surface area contributed by atoms with Crippen molar-refractivity contribution in [3.8, 4) is 5.88 Å². The molecule has 0 saturated heterocycles. The van der Waals surface area contributed by atoms with E-state index in [0.29, 0.717) is 5.88 Å². The molecule has 0 spiro atoms. The van der Waals surface area contributed by atoms with Gasteiger partial charge in [-0.05, 0) is 24.0 Å². The zero-order valence-electron chi connectivity index (χ0n) is 11.9. The number of nitrogens with zero attached hydrogens (tertiary/aromatic N) is 3. The minimum absolute atomic E-state index is 0.0229. The smallest absolute Gasteiger partial charge is 0.234 e. The predicted octanol–water partition coefficient (Wildman–Crippen LogP) is 1.45. The molecule has 1 aliphatic rings. The summed E-state index contributed by atoms with van der Waals surface area (Å²) in [5, 5.41) is 8.80. The van der Waals surface area contributed by atoms with Gasteiger partial charge in [-0.1, -0.05) is 24.3 Å². The van der Waals surface area contributed by atoms with E-state index in [1.54, 1.807) is 12.4 Å². The number of anilines is 1. The molecule has 0 aliphatic carbocycles. The second-order valence-electron chi connectivity index (χ2n) is 5.04. The topological polar surface area (TPSA) is 58.5 Å². The fraction of sp³-hybridized carbons (Fsp3) is 0.375. The van der Waals surface area contributed by atoms with Crippen molar-refractivity contribution in [3.05, 3.63) is 47.8 Å². The predicted molar refractivity (Wildman–Crippen MR) is 80.7 cm³/mol. The molecule has 5 heteroatoms. The number of hydrogen-bond acceptors (Lipinski definition) is 5. The molecule has 1 aromatic carbocycles. The summed E-state index contributed by atoms with van der Waals surface area (Å²) in [6.07, 6.45) is 5.37. The summed E-state index contributed by atoms with van der Waals surface area (Å²) in [7, 11) is 0. The van der Waals surface area contributed by atoms with Gasteiger partial charge in [0.25, 0.3) is 0 Å². The summed E-state index contributed by atoms with van der Waals surface area (Å²) in [5.41, 5.74) is 2.83. The second-order valence-corrected chi connectivity index (χ2v) is 5.04. The molecule has 1 aromatic heterocycles. The third-order valence-corrected chi connectivity index (χ3v) is 3.69. The Bertz CT molecular complexity index is 577. The average Bonchev–Trinajstić information content (AvgIpc) is 2.76. The fourth-order valence-corrected chi connectivity index (χ4v) is 2.61. The van der Waals surface area contributed by atoms with Crippen LogP contribution in [0, 0.1) is 0 Å². The van der Waals surface area contributed by atoms with Gasteiger partial charge >= 0.3 is 0 Å². The molecule has 5 nitrogen and oxygen atoms in total. The van der Waals surface area contributed by atoms with Crippen LogP contribution in [0.2, 0.25) is 0 Å². The third kappa shape index (κ3) is 3.31. The van der Waals surface area contributed by atoms with Gasteiger partial charge in [-0.15, -0.1) is 0 Å². The van der Waals surface area contributed by atoms with E-state index < -0.39 is 0 Å². The van der Waals surface area contributed by atoms with Crippen molar-refractivity contribution >= 4 is 5.82 Å². The van der Waals surface area contributed by atoms with Gasteiger partial charge in [0, 0.05) is 13.1 Å².